The second kappa shape index (κ2) is 6.27. The lowest BCUT2D eigenvalue weighted by atomic mass is 10.0. The second-order valence-corrected chi connectivity index (χ2v) is 5.23. The standard InChI is InChI=1S/C20H19N/c1-16-12-13-19(18-10-6-3-7-11-18)14-20(16)21-15-17-8-4-2-5-9-17/h2-14,21H,15H2,1H3. The number of anilines is 1. The predicted molar refractivity (Wildman–Crippen MR) is 90.4 cm³/mol. The molecule has 21 heavy (non-hydrogen) atoms. The first-order chi connectivity index (χ1) is 10.3. The molecule has 3 rings (SSSR count). The average molecular weight is 273 g/mol. The Labute approximate surface area is 126 Å². The molecule has 0 atom stereocenters. The quantitative estimate of drug-likeness (QED) is 0.682. The van der Waals surface area contributed by atoms with E-state index in [0.29, 0.717) is 0 Å². The van der Waals surface area contributed by atoms with Gasteiger partial charge in [0.2, 0.25) is 0 Å². The largest absolute Gasteiger partial charge is 0.381 e. The lowest BCUT2D eigenvalue weighted by Crippen LogP contribution is -2.01. The summed E-state index contributed by atoms with van der Waals surface area (Å²) in [6.07, 6.45) is 0. The van der Waals surface area contributed by atoms with Gasteiger partial charge >= 0.3 is 0 Å². The highest BCUT2D eigenvalue weighted by molar-refractivity contribution is 5.69. The number of hydrogen-bond donors (Lipinski definition) is 1. The van der Waals surface area contributed by atoms with Gasteiger partial charge in [0, 0.05) is 12.2 Å². The summed E-state index contributed by atoms with van der Waals surface area (Å²) in [7, 11) is 0. The van der Waals surface area contributed by atoms with Crippen molar-refractivity contribution in [3.63, 3.8) is 0 Å². The maximum atomic E-state index is 3.54. The Balaban J connectivity index is 1.82. The van der Waals surface area contributed by atoms with Gasteiger partial charge in [-0.25, -0.2) is 0 Å². The van der Waals surface area contributed by atoms with E-state index in [1.165, 1.54) is 27.9 Å². The summed E-state index contributed by atoms with van der Waals surface area (Å²) in [5.41, 5.74) is 6.25. The van der Waals surface area contributed by atoms with Gasteiger partial charge in [0.25, 0.3) is 0 Å². The van der Waals surface area contributed by atoms with Crippen molar-refractivity contribution in [2.45, 2.75) is 13.5 Å². The zero-order valence-corrected chi connectivity index (χ0v) is 12.2. The predicted octanol–water partition coefficient (Wildman–Crippen LogP) is 5.27. The summed E-state index contributed by atoms with van der Waals surface area (Å²) in [6, 6.07) is 27.6. The molecule has 3 aromatic carbocycles. The van der Waals surface area contributed by atoms with Gasteiger partial charge in [0.1, 0.15) is 0 Å². The zero-order valence-electron chi connectivity index (χ0n) is 12.2. The highest BCUT2D eigenvalue weighted by Gasteiger charge is 2.02. The topological polar surface area (TPSA) is 12.0 Å². The van der Waals surface area contributed by atoms with Crippen LogP contribution in [0.4, 0.5) is 5.69 Å². The van der Waals surface area contributed by atoms with E-state index in [0.717, 1.165) is 6.54 Å². The van der Waals surface area contributed by atoms with Crippen LogP contribution in [-0.4, -0.2) is 0 Å². The molecule has 1 N–H and O–H groups in total. The van der Waals surface area contributed by atoms with E-state index in [4.69, 9.17) is 0 Å². The minimum Gasteiger partial charge on any atom is -0.381 e. The minimum atomic E-state index is 0.847. The first-order valence-corrected chi connectivity index (χ1v) is 7.27. The molecule has 0 aliphatic rings. The molecule has 0 spiro atoms. The van der Waals surface area contributed by atoms with E-state index in [1.807, 2.05) is 12.1 Å². The number of nitrogens with one attached hydrogen (secondary N) is 1. The molecule has 0 saturated heterocycles. The van der Waals surface area contributed by atoms with Gasteiger partial charge in [-0.05, 0) is 35.2 Å². The van der Waals surface area contributed by atoms with Crippen LogP contribution in [0, 0.1) is 6.92 Å². The summed E-state index contributed by atoms with van der Waals surface area (Å²) in [6.45, 7) is 2.99. The Morgan fingerprint density at radius 2 is 1.38 bits per heavy atom. The van der Waals surface area contributed by atoms with E-state index in [2.05, 4.69) is 79.0 Å². The Morgan fingerprint density at radius 1 is 0.714 bits per heavy atom. The van der Waals surface area contributed by atoms with Crippen LogP contribution in [0.2, 0.25) is 0 Å². The van der Waals surface area contributed by atoms with Crippen LogP contribution in [0.15, 0.2) is 78.9 Å². The molecular weight excluding hydrogens is 254 g/mol. The first kappa shape index (κ1) is 13.4. The molecular formula is C20H19N. The Hall–Kier alpha value is -2.54. The van der Waals surface area contributed by atoms with E-state index in [-0.39, 0.29) is 0 Å². The lowest BCUT2D eigenvalue weighted by Gasteiger charge is -2.12. The van der Waals surface area contributed by atoms with Crippen LogP contribution < -0.4 is 5.32 Å². The van der Waals surface area contributed by atoms with Gasteiger partial charge in [-0.2, -0.15) is 0 Å². The summed E-state index contributed by atoms with van der Waals surface area (Å²) in [4.78, 5) is 0. The van der Waals surface area contributed by atoms with Crippen LogP contribution in [0.25, 0.3) is 11.1 Å². The number of aryl methyl sites for hydroxylation is 1. The van der Waals surface area contributed by atoms with Crippen molar-refractivity contribution in [1.29, 1.82) is 0 Å². The molecule has 0 radical (unpaired) electrons. The SMILES string of the molecule is Cc1ccc(-c2ccccc2)cc1NCc1ccccc1. The van der Waals surface area contributed by atoms with E-state index in [1.54, 1.807) is 0 Å². The Kier molecular flexibility index (Phi) is 4.02. The van der Waals surface area contributed by atoms with Gasteiger partial charge in [-0.15, -0.1) is 0 Å². The monoisotopic (exact) mass is 273 g/mol. The zero-order chi connectivity index (χ0) is 14.5. The third-order valence-corrected chi connectivity index (χ3v) is 3.67. The highest BCUT2D eigenvalue weighted by atomic mass is 14.9. The van der Waals surface area contributed by atoms with Crippen LogP contribution in [0.3, 0.4) is 0 Å². The van der Waals surface area contributed by atoms with Crippen LogP contribution in [0.5, 0.6) is 0 Å². The maximum absolute atomic E-state index is 3.54. The van der Waals surface area contributed by atoms with Gasteiger partial charge in [-0.1, -0.05) is 72.8 Å². The molecule has 0 aliphatic heterocycles. The van der Waals surface area contributed by atoms with Crippen molar-refractivity contribution < 1.29 is 0 Å². The van der Waals surface area contributed by atoms with E-state index in [9.17, 15) is 0 Å². The van der Waals surface area contributed by atoms with Crippen LogP contribution in [-0.2, 0) is 6.54 Å². The van der Waals surface area contributed by atoms with Crippen LogP contribution >= 0.6 is 0 Å². The molecule has 104 valence electrons. The second-order valence-electron chi connectivity index (χ2n) is 5.23. The summed E-state index contributed by atoms with van der Waals surface area (Å²) in [5.74, 6) is 0. The third kappa shape index (κ3) is 3.32. The Morgan fingerprint density at radius 3 is 2.10 bits per heavy atom. The van der Waals surface area contributed by atoms with Crippen molar-refractivity contribution in [3.8, 4) is 11.1 Å². The average Bonchev–Trinajstić information content (AvgIpc) is 2.56. The number of benzene rings is 3. The molecule has 0 bridgehead atoms. The normalized spacial score (nSPS) is 10.3. The molecule has 1 nitrogen and oxygen atoms in total. The fourth-order valence-electron chi connectivity index (χ4n) is 2.42. The number of rotatable bonds is 4. The molecule has 3 aromatic rings. The molecule has 0 unspecified atom stereocenters. The van der Waals surface area contributed by atoms with Gasteiger partial charge < -0.3 is 5.32 Å². The fourth-order valence-corrected chi connectivity index (χ4v) is 2.42. The fraction of sp³-hybridized carbons (Fsp3) is 0.100. The summed E-state index contributed by atoms with van der Waals surface area (Å²) < 4.78 is 0. The van der Waals surface area contributed by atoms with Crippen molar-refractivity contribution in [2.75, 3.05) is 5.32 Å². The van der Waals surface area contributed by atoms with Gasteiger partial charge in [0.05, 0.1) is 0 Å². The summed E-state index contributed by atoms with van der Waals surface area (Å²) >= 11 is 0. The molecule has 1 heteroatoms. The Bertz CT molecular complexity index is 702. The highest BCUT2D eigenvalue weighted by Crippen LogP contribution is 2.25. The van der Waals surface area contributed by atoms with E-state index < -0.39 is 0 Å². The van der Waals surface area contributed by atoms with Gasteiger partial charge in [-0.3, -0.25) is 0 Å². The maximum Gasteiger partial charge on any atom is 0.0400 e. The van der Waals surface area contributed by atoms with Crippen molar-refractivity contribution in [1.82, 2.24) is 0 Å². The molecule has 0 aliphatic carbocycles. The van der Waals surface area contributed by atoms with Crippen molar-refractivity contribution >= 4 is 5.69 Å². The lowest BCUT2D eigenvalue weighted by molar-refractivity contribution is 1.14. The molecule has 0 aromatic heterocycles. The molecule has 0 saturated carbocycles. The van der Waals surface area contributed by atoms with E-state index >= 15 is 0 Å². The molecule has 0 fully saturated rings. The van der Waals surface area contributed by atoms with Crippen molar-refractivity contribution in [2.24, 2.45) is 0 Å². The van der Waals surface area contributed by atoms with Gasteiger partial charge in [0.15, 0.2) is 0 Å². The van der Waals surface area contributed by atoms with Crippen LogP contribution in [0.1, 0.15) is 11.1 Å². The van der Waals surface area contributed by atoms with Crippen molar-refractivity contribution in [3.05, 3.63) is 90.0 Å². The molecule has 0 amide bonds. The first-order valence-electron chi connectivity index (χ1n) is 7.27. The smallest absolute Gasteiger partial charge is 0.0400 e. The molecule has 0 heterocycles. The summed E-state index contributed by atoms with van der Waals surface area (Å²) in [5, 5.41) is 3.54. The minimum absolute atomic E-state index is 0.847. The number of hydrogen-bond acceptors (Lipinski definition) is 1. The third-order valence-electron chi connectivity index (χ3n) is 3.67.